The Morgan fingerprint density at radius 1 is 0.757 bits per heavy atom. The lowest BCUT2D eigenvalue weighted by atomic mass is 10.0. The van der Waals surface area contributed by atoms with Gasteiger partial charge in [0.1, 0.15) is 11.8 Å². The van der Waals surface area contributed by atoms with Crippen LogP contribution in [0.1, 0.15) is 48.4 Å². The minimum absolute atomic E-state index is 0.0589. The standard InChI is InChI=1S/C25H15Cl5N2O5/c1-11(22(33)12-5-9-15(37-2)10-6-12)31(23(34)13-3-7-14(26)8-4-13)32-24(35)16-17(25(32)36)19(28)21(30)20(29)18(16)27/h3-11H,1-2H3/t11-/m0/s1. The van der Waals surface area contributed by atoms with Crippen LogP contribution in [0.15, 0.2) is 48.5 Å². The monoisotopic (exact) mass is 598 g/mol. The molecule has 12 heteroatoms. The maximum Gasteiger partial charge on any atom is 0.282 e. The molecule has 0 unspecified atom stereocenters. The predicted octanol–water partition coefficient (Wildman–Crippen LogP) is 6.89. The van der Waals surface area contributed by atoms with Crippen LogP contribution < -0.4 is 4.74 Å². The second kappa shape index (κ2) is 10.5. The number of benzene rings is 3. The molecule has 1 heterocycles. The van der Waals surface area contributed by atoms with Crippen LogP contribution in [0.3, 0.4) is 0 Å². The molecule has 190 valence electrons. The molecule has 0 aliphatic carbocycles. The van der Waals surface area contributed by atoms with Gasteiger partial charge in [-0.25, -0.2) is 5.01 Å². The molecule has 0 spiro atoms. The average molecular weight is 601 g/mol. The number of Topliss-reactive ketones (excluding diaryl/α,β-unsaturated/α-hetero) is 1. The maximum absolute atomic E-state index is 13.7. The molecule has 7 nitrogen and oxygen atoms in total. The number of carbonyl (C=O) groups excluding carboxylic acids is 4. The molecule has 3 amide bonds. The highest BCUT2D eigenvalue weighted by Gasteiger charge is 2.48. The second-order valence-electron chi connectivity index (χ2n) is 7.85. The Labute approximate surface area is 236 Å². The van der Waals surface area contributed by atoms with Crippen LogP contribution in [0.2, 0.25) is 25.1 Å². The third-order valence-corrected chi connectivity index (χ3v) is 7.77. The maximum atomic E-state index is 13.7. The van der Waals surface area contributed by atoms with E-state index in [1.165, 1.54) is 50.4 Å². The van der Waals surface area contributed by atoms with E-state index in [1.807, 2.05) is 0 Å². The summed E-state index contributed by atoms with van der Waals surface area (Å²) in [6.07, 6.45) is 0. The predicted molar refractivity (Wildman–Crippen MR) is 141 cm³/mol. The molecule has 1 aliphatic heterocycles. The molecule has 1 aliphatic rings. The molecule has 4 rings (SSSR count). The Morgan fingerprint density at radius 3 is 1.68 bits per heavy atom. The number of hydrogen-bond acceptors (Lipinski definition) is 5. The number of rotatable bonds is 6. The molecule has 0 radical (unpaired) electrons. The third-order valence-electron chi connectivity index (χ3n) is 5.72. The van der Waals surface area contributed by atoms with Crippen molar-refractivity contribution < 1.29 is 23.9 Å². The molecular weight excluding hydrogens is 586 g/mol. The quantitative estimate of drug-likeness (QED) is 0.133. The van der Waals surface area contributed by atoms with Gasteiger partial charge in [-0.1, -0.05) is 58.0 Å². The zero-order chi connectivity index (χ0) is 27.2. The summed E-state index contributed by atoms with van der Waals surface area (Å²) in [5.74, 6) is -2.87. The van der Waals surface area contributed by atoms with Crippen molar-refractivity contribution in [3.63, 3.8) is 0 Å². The number of amides is 3. The number of carbonyl (C=O) groups is 4. The van der Waals surface area contributed by atoms with E-state index in [4.69, 9.17) is 62.7 Å². The number of hydrogen-bond donors (Lipinski definition) is 0. The first-order chi connectivity index (χ1) is 17.5. The van der Waals surface area contributed by atoms with E-state index < -0.39 is 29.5 Å². The number of methoxy groups -OCH3 is 1. The summed E-state index contributed by atoms with van der Waals surface area (Å²) in [5.41, 5.74) is -0.391. The van der Waals surface area contributed by atoms with E-state index in [2.05, 4.69) is 0 Å². The Bertz CT molecular complexity index is 1410. The van der Waals surface area contributed by atoms with Crippen LogP contribution in [-0.2, 0) is 0 Å². The molecule has 0 fully saturated rings. The topological polar surface area (TPSA) is 84.0 Å². The number of ether oxygens (including phenoxy) is 1. The van der Waals surface area contributed by atoms with Crippen molar-refractivity contribution in [2.75, 3.05) is 7.11 Å². The average Bonchev–Trinajstić information content (AvgIpc) is 3.16. The highest BCUT2D eigenvalue weighted by atomic mass is 35.5. The molecule has 0 saturated carbocycles. The smallest absolute Gasteiger partial charge is 0.282 e. The summed E-state index contributed by atoms with van der Waals surface area (Å²) in [6.45, 7) is 1.38. The summed E-state index contributed by atoms with van der Waals surface area (Å²) in [4.78, 5) is 54.3. The van der Waals surface area contributed by atoms with Crippen LogP contribution in [0.25, 0.3) is 0 Å². The lowest BCUT2D eigenvalue weighted by Gasteiger charge is -2.34. The number of fused-ring (bicyclic) bond motifs is 1. The summed E-state index contributed by atoms with van der Waals surface area (Å²) >= 11 is 30.7. The van der Waals surface area contributed by atoms with Gasteiger partial charge in [-0.05, 0) is 55.5 Å². The lowest BCUT2D eigenvalue weighted by Crippen LogP contribution is -2.56. The first kappa shape index (κ1) is 27.2. The van der Waals surface area contributed by atoms with Gasteiger partial charge in [0.25, 0.3) is 17.7 Å². The fourth-order valence-corrected chi connectivity index (χ4v) is 4.95. The van der Waals surface area contributed by atoms with Crippen molar-refractivity contribution in [1.29, 1.82) is 0 Å². The van der Waals surface area contributed by atoms with Gasteiger partial charge in [0.15, 0.2) is 5.78 Å². The van der Waals surface area contributed by atoms with E-state index >= 15 is 0 Å². The molecule has 0 N–H and O–H groups in total. The van der Waals surface area contributed by atoms with E-state index in [9.17, 15) is 19.2 Å². The number of nitrogens with zero attached hydrogens (tertiary/aromatic N) is 2. The molecule has 1 atom stereocenters. The SMILES string of the molecule is COc1ccc(C(=O)[C@H](C)N(C(=O)c2ccc(Cl)cc2)N2C(=O)c3c(Cl)c(Cl)c(Cl)c(Cl)c3C2=O)cc1. The van der Waals surface area contributed by atoms with Crippen molar-refractivity contribution in [1.82, 2.24) is 10.0 Å². The van der Waals surface area contributed by atoms with Crippen molar-refractivity contribution >= 4 is 81.5 Å². The van der Waals surface area contributed by atoms with Gasteiger partial charge in [-0.2, -0.15) is 5.01 Å². The number of imide groups is 1. The fourth-order valence-electron chi connectivity index (χ4n) is 3.81. The van der Waals surface area contributed by atoms with Crippen LogP contribution in [0.5, 0.6) is 5.75 Å². The van der Waals surface area contributed by atoms with Crippen LogP contribution in [-0.4, -0.2) is 46.7 Å². The van der Waals surface area contributed by atoms with Crippen molar-refractivity contribution in [2.45, 2.75) is 13.0 Å². The van der Waals surface area contributed by atoms with Gasteiger partial charge in [-0.3, -0.25) is 19.2 Å². The van der Waals surface area contributed by atoms with Gasteiger partial charge in [0, 0.05) is 16.1 Å². The zero-order valence-corrected chi connectivity index (χ0v) is 22.8. The van der Waals surface area contributed by atoms with Crippen LogP contribution >= 0.6 is 58.0 Å². The van der Waals surface area contributed by atoms with E-state index in [-0.39, 0.29) is 42.3 Å². The Kier molecular flexibility index (Phi) is 7.74. The van der Waals surface area contributed by atoms with Crippen molar-refractivity contribution in [2.24, 2.45) is 0 Å². The number of hydrazine groups is 1. The first-order valence-corrected chi connectivity index (χ1v) is 12.4. The normalized spacial score (nSPS) is 13.4. The highest BCUT2D eigenvalue weighted by Crippen LogP contribution is 2.45. The molecule has 0 saturated heterocycles. The zero-order valence-electron chi connectivity index (χ0n) is 19.0. The molecule has 0 aromatic heterocycles. The molecule has 37 heavy (non-hydrogen) atoms. The highest BCUT2D eigenvalue weighted by molar-refractivity contribution is 6.55. The fraction of sp³-hybridized carbons (Fsp3) is 0.120. The van der Waals surface area contributed by atoms with E-state index in [0.29, 0.717) is 15.8 Å². The number of halogens is 5. The van der Waals surface area contributed by atoms with Crippen molar-refractivity contribution in [3.8, 4) is 5.75 Å². The molecule has 0 bridgehead atoms. The van der Waals surface area contributed by atoms with E-state index in [0.717, 1.165) is 5.01 Å². The van der Waals surface area contributed by atoms with Crippen molar-refractivity contribution in [3.05, 3.63) is 95.9 Å². The first-order valence-electron chi connectivity index (χ1n) is 10.5. The van der Waals surface area contributed by atoms with Gasteiger partial charge < -0.3 is 4.74 Å². The summed E-state index contributed by atoms with van der Waals surface area (Å²) < 4.78 is 5.12. The Balaban J connectivity index is 1.85. The Morgan fingerprint density at radius 2 is 1.22 bits per heavy atom. The molecular formula is C25H15Cl5N2O5. The molecule has 3 aromatic rings. The summed E-state index contributed by atoms with van der Waals surface area (Å²) in [6, 6.07) is 10.5. The van der Waals surface area contributed by atoms with Crippen LogP contribution in [0.4, 0.5) is 0 Å². The third kappa shape index (κ3) is 4.67. The minimum atomic E-state index is -1.33. The van der Waals surface area contributed by atoms with Gasteiger partial charge in [0.2, 0.25) is 0 Å². The van der Waals surface area contributed by atoms with Gasteiger partial charge in [0.05, 0.1) is 38.3 Å². The number of ketones is 1. The molecule has 3 aromatic carbocycles. The summed E-state index contributed by atoms with van der Waals surface area (Å²) in [7, 11) is 1.48. The second-order valence-corrected chi connectivity index (χ2v) is 9.80. The van der Waals surface area contributed by atoms with Gasteiger partial charge >= 0.3 is 0 Å². The van der Waals surface area contributed by atoms with Gasteiger partial charge in [-0.15, -0.1) is 0 Å². The largest absolute Gasteiger partial charge is 0.497 e. The van der Waals surface area contributed by atoms with E-state index in [1.54, 1.807) is 12.1 Å². The summed E-state index contributed by atoms with van der Waals surface area (Å²) in [5, 5.41) is 0.572. The minimum Gasteiger partial charge on any atom is -0.497 e. The van der Waals surface area contributed by atoms with Crippen LogP contribution in [0, 0.1) is 0 Å². The Hall–Kier alpha value is -2.81. The lowest BCUT2D eigenvalue weighted by molar-refractivity contribution is -0.00679.